The van der Waals surface area contributed by atoms with E-state index in [0.717, 1.165) is 32.1 Å². The molecule has 2 amide bonds. The van der Waals surface area contributed by atoms with Crippen molar-refractivity contribution in [3.05, 3.63) is 0 Å². The van der Waals surface area contributed by atoms with Gasteiger partial charge in [0.2, 0.25) is 11.8 Å². The summed E-state index contributed by atoms with van der Waals surface area (Å²) in [5.41, 5.74) is 5.16. The minimum Gasteiger partial charge on any atom is -0.392 e. The summed E-state index contributed by atoms with van der Waals surface area (Å²) in [5.74, 6) is -0.0605. The van der Waals surface area contributed by atoms with Crippen LogP contribution in [0.25, 0.3) is 0 Å². The van der Waals surface area contributed by atoms with Gasteiger partial charge in [-0.2, -0.15) is 0 Å². The quantitative estimate of drug-likeness (QED) is 0.751. The summed E-state index contributed by atoms with van der Waals surface area (Å²) in [6.07, 6.45) is 4.53. The van der Waals surface area contributed by atoms with Crippen molar-refractivity contribution < 1.29 is 9.59 Å². The van der Waals surface area contributed by atoms with Crippen molar-refractivity contribution in [3.63, 3.8) is 0 Å². The highest BCUT2D eigenvalue weighted by Gasteiger charge is 2.45. The number of carbonyl (C=O) groups excluding carboxylic acids is 2. The second kappa shape index (κ2) is 5.45. The Hall–Kier alpha value is -1.17. The Morgan fingerprint density at radius 3 is 2.42 bits per heavy atom. The molecule has 19 heavy (non-hydrogen) atoms. The number of piperazine rings is 1. The molecule has 2 rings (SSSR count). The molecule has 1 saturated heterocycles. The standard InChI is InChI=1S/C13H21N3O2S/c1-15-7-8-16(9-10(15)17)12(18)13(11(14)19)5-3-2-4-6-13/h2-9H2,1H3,(H2,14,19). The third kappa shape index (κ3) is 2.59. The van der Waals surface area contributed by atoms with Crippen molar-refractivity contribution in [2.45, 2.75) is 32.1 Å². The van der Waals surface area contributed by atoms with Gasteiger partial charge in [0, 0.05) is 20.1 Å². The van der Waals surface area contributed by atoms with E-state index in [0.29, 0.717) is 18.1 Å². The van der Waals surface area contributed by atoms with Gasteiger partial charge in [-0.05, 0) is 12.8 Å². The average Bonchev–Trinajstić information content (AvgIpc) is 2.41. The summed E-state index contributed by atoms with van der Waals surface area (Å²) in [6, 6.07) is 0. The number of nitrogens with two attached hydrogens (primary N) is 1. The third-order valence-corrected chi connectivity index (χ3v) is 4.72. The van der Waals surface area contributed by atoms with E-state index in [4.69, 9.17) is 18.0 Å². The van der Waals surface area contributed by atoms with Gasteiger partial charge in [0.1, 0.15) is 0 Å². The minimum absolute atomic E-state index is 0.0199. The van der Waals surface area contributed by atoms with Crippen molar-refractivity contribution >= 4 is 29.0 Å². The molecule has 6 heteroatoms. The molecular weight excluding hydrogens is 262 g/mol. The van der Waals surface area contributed by atoms with E-state index in [2.05, 4.69) is 0 Å². The first kappa shape index (κ1) is 14.2. The smallest absolute Gasteiger partial charge is 0.241 e. The minimum atomic E-state index is -0.705. The van der Waals surface area contributed by atoms with Crippen molar-refractivity contribution in [1.29, 1.82) is 0 Å². The molecule has 1 aliphatic carbocycles. The fraction of sp³-hybridized carbons (Fsp3) is 0.769. The lowest BCUT2D eigenvalue weighted by Crippen LogP contribution is -2.57. The predicted octanol–water partition coefficient (Wildman–Crippen LogP) is 0.524. The van der Waals surface area contributed by atoms with Crippen molar-refractivity contribution in [3.8, 4) is 0 Å². The van der Waals surface area contributed by atoms with Crippen LogP contribution in [0.4, 0.5) is 0 Å². The van der Waals surface area contributed by atoms with Crippen molar-refractivity contribution in [2.75, 3.05) is 26.7 Å². The number of likely N-dealkylation sites (N-methyl/N-ethyl adjacent to an activating group) is 1. The van der Waals surface area contributed by atoms with Gasteiger partial charge in [-0.1, -0.05) is 31.5 Å². The number of thiocarbonyl (C=S) groups is 1. The summed E-state index contributed by atoms with van der Waals surface area (Å²) >= 11 is 5.16. The van der Waals surface area contributed by atoms with Crippen molar-refractivity contribution in [2.24, 2.45) is 11.1 Å². The number of amides is 2. The van der Waals surface area contributed by atoms with Crippen LogP contribution >= 0.6 is 12.2 Å². The van der Waals surface area contributed by atoms with Crippen LogP contribution < -0.4 is 5.73 Å². The zero-order valence-corrected chi connectivity index (χ0v) is 12.2. The molecule has 0 aromatic heterocycles. The molecular formula is C13H21N3O2S. The maximum absolute atomic E-state index is 12.8. The van der Waals surface area contributed by atoms with Crippen LogP contribution in [-0.4, -0.2) is 53.3 Å². The van der Waals surface area contributed by atoms with Crippen molar-refractivity contribution in [1.82, 2.24) is 9.80 Å². The van der Waals surface area contributed by atoms with E-state index >= 15 is 0 Å². The zero-order chi connectivity index (χ0) is 14.0. The van der Waals surface area contributed by atoms with Gasteiger partial charge >= 0.3 is 0 Å². The molecule has 0 bridgehead atoms. The highest BCUT2D eigenvalue weighted by molar-refractivity contribution is 7.80. The fourth-order valence-electron chi connectivity index (χ4n) is 2.96. The maximum atomic E-state index is 12.8. The lowest BCUT2D eigenvalue weighted by Gasteiger charge is -2.41. The predicted molar refractivity (Wildman–Crippen MR) is 76.5 cm³/mol. The SMILES string of the molecule is CN1CCN(C(=O)C2(C(N)=S)CCCCC2)CC1=O. The molecule has 1 aliphatic heterocycles. The van der Waals surface area contributed by atoms with Gasteiger partial charge in [-0.25, -0.2) is 0 Å². The summed E-state index contributed by atoms with van der Waals surface area (Å²) in [6.45, 7) is 1.31. The van der Waals surface area contributed by atoms with Crippen LogP contribution in [0.3, 0.4) is 0 Å². The highest BCUT2D eigenvalue weighted by Crippen LogP contribution is 2.38. The van der Waals surface area contributed by atoms with Crippen LogP contribution in [0.1, 0.15) is 32.1 Å². The van der Waals surface area contributed by atoms with E-state index in [1.807, 2.05) is 0 Å². The molecule has 0 aromatic rings. The largest absolute Gasteiger partial charge is 0.392 e. The topological polar surface area (TPSA) is 66.6 Å². The fourth-order valence-corrected chi connectivity index (χ4v) is 3.25. The second-order valence-corrected chi connectivity index (χ2v) is 5.99. The van der Waals surface area contributed by atoms with Crippen LogP contribution in [-0.2, 0) is 9.59 Å². The molecule has 0 unspecified atom stereocenters. The molecule has 0 aromatic carbocycles. The summed E-state index contributed by atoms with van der Waals surface area (Å²) in [4.78, 5) is 28.1. The molecule has 5 nitrogen and oxygen atoms in total. The molecule has 1 heterocycles. The summed E-state index contributed by atoms with van der Waals surface area (Å²) in [5, 5.41) is 0. The Labute approximate surface area is 119 Å². The Morgan fingerprint density at radius 2 is 1.89 bits per heavy atom. The molecule has 106 valence electrons. The first-order valence-electron chi connectivity index (χ1n) is 6.80. The van der Waals surface area contributed by atoms with E-state index in [-0.39, 0.29) is 18.4 Å². The van der Waals surface area contributed by atoms with Gasteiger partial charge < -0.3 is 15.5 Å². The molecule has 2 N–H and O–H groups in total. The number of nitrogens with zero attached hydrogens (tertiary/aromatic N) is 2. The van der Waals surface area contributed by atoms with Crippen LogP contribution in [0, 0.1) is 5.41 Å². The molecule has 1 saturated carbocycles. The second-order valence-electron chi connectivity index (χ2n) is 5.55. The van der Waals surface area contributed by atoms with Gasteiger partial charge in [0.15, 0.2) is 0 Å². The van der Waals surface area contributed by atoms with Gasteiger partial charge in [-0.3, -0.25) is 9.59 Å². The number of carbonyl (C=O) groups is 2. The normalized spacial score (nSPS) is 23.3. The van der Waals surface area contributed by atoms with E-state index in [1.54, 1.807) is 16.8 Å². The Morgan fingerprint density at radius 1 is 1.26 bits per heavy atom. The van der Waals surface area contributed by atoms with E-state index < -0.39 is 5.41 Å². The first-order chi connectivity index (χ1) is 8.97. The summed E-state index contributed by atoms with van der Waals surface area (Å²) in [7, 11) is 1.76. The average molecular weight is 283 g/mol. The Bertz CT molecular complexity index is 405. The van der Waals surface area contributed by atoms with Crippen LogP contribution in [0.5, 0.6) is 0 Å². The maximum Gasteiger partial charge on any atom is 0.241 e. The zero-order valence-electron chi connectivity index (χ0n) is 11.4. The highest BCUT2D eigenvalue weighted by atomic mass is 32.1. The molecule has 0 spiro atoms. The van der Waals surface area contributed by atoms with Gasteiger partial charge in [0.05, 0.1) is 16.9 Å². The summed E-state index contributed by atoms with van der Waals surface area (Å²) < 4.78 is 0. The van der Waals surface area contributed by atoms with Crippen LogP contribution in [0.15, 0.2) is 0 Å². The third-order valence-electron chi connectivity index (χ3n) is 4.33. The Kier molecular flexibility index (Phi) is 4.08. The molecule has 0 atom stereocenters. The van der Waals surface area contributed by atoms with E-state index in [9.17, 15) is 9.59 Å². The molecule has 2 fully saturated rings. The monoisotopic (exact) mass is 283 g/mol. The van der Waals surface area contributed by atoms with Crippen LogP contribution in [0.2, 0.25) is 0 Å². The van der Waals surface area contributed by atoms with E-state index in [1.165, 1.54) is 0 Å². The number of rotatable bonds is 2. The lowest BCUT2D eigenvalue weighted by molar-refractivity contribution is -0.149. The molecule has 0 radical (unpaired) electrons. The molecule has 2 aliphatic rings. The first-order valence-corrected chi connectivity index (χ1v) is 7.21. The van der Waals surface area contributed by atoms with Gasteiger partial charge in [-0.15, -0.1) is 0 Å². The number of hydrogen-bond acceptors (Lipinski definition) is 3. The van der Waals surface area contributed by atoms with Gasteiger partial charge in [0.25, 0.3) is 0 Å². The lowest BCUT2D eigenvalue weighted by atomic mass is 9.72. The Balaban J connectivity index is 2.16. The number of hydrogen-bond donors (Lipinski definition) is 1.